The molecule has 11 heteroatoms. The molecule has 0 radical (unpaired) electrons. The molecular formula is C32H35F3N6O2. The molecule has 0 aliphatic carbocycles. The number of aromatic amines is 1. The molecule has 1 amide bonds. The molecule has 43 heavy (non-hydrogen) atoms. The lowest BCUT2D eigenvalue weighted by molar-refractivity contribution is -0.138. The zero-order chi connectivity index (χ0) is 30.1. The minimum Gasteiger partial charge on any atom is -0.455 e. The fourth-order valence-electron chi connectivity index (χ4n) is 6.08. The zero-order valence-corrected chi connectivity index (χ0v) is 24.3. The van der Waals surface area contributed by atoms with Crippen molar-refractivity contribution in [3.63, 3.8) is 0 Å². The third-order valence-corrected chi connectivity index (χ3v) is 8.44. The number of alkyl halides is 3. The number of pyridine rings is 2. The fourth-order valence-corrected chi connectivity index (χ4v) is 6.08. The van der Waals surface area contributed by atoms with E-state index >= 15 is 0 Å². The second-order valence-corrected chi connectivity index (χ2v) is 11.4. The summed E-state index contributed by atoms with van der Waals surface area (Å²) in [4.78, 5) is 31.4. The van der Waals surface area contributed by atoms with Gasteiger partial charge in [-0.1, -0.05) is 26.0 Å². The number of piperazine rings is 1. The summed E-state index contributed by atoms with van der Waals surface area (Å²) in [5, 5.41) is 0.841. The van der Waals surface area contributed by atoms with E-state index in [9.17, 15) is 18.0 Å². The van der Waals surface area contributed by atoms with Gasteiger partial charge in [0.2, 0.25) is 5.91 Å². The highest BCUT2D eigenvalue weighted by atomic mass is 19.4. The molecule has 2 aliphatic rings. The van der Waals surface area contributed by atoms with Crippen molar-refractivity contribution in [2.75, 3.05) is 39.3 Å². The number of carbonyl (C=O) groups is 1. The van der Waals surface area contributed by atoms with Gasteiger partial charge in [0.25, 0.3) is 0 Å². The van der Waals surface area contributed by atoms with Crippen molar-refractivity contribution in [1.82, 2.24) is 29.7 Å². The largest absolute Gasteiger partial charge is 0.455 e. The zero-order valence-electron chi connectivity index (χ0n) is 24.3. The van der Waals surface area contributed by atoms with Gasteiger partial charge in [-0.05, 0) is 47.5 Å². The summed E-state index contributed by atoms with van der Waals surface area (Å²) in [6, 6.07) is 9.90. The van der Waals surface area contributed by atoms with Gasteiger partial charge in [0.15, 0.2) is 0 Å². The van der Waals surface area contributed by atoms with Gasteiger partial charge in [-0.3, -0.25) is 14.7 Å². The maximum absolute atomic E-state index is 14.1. The number of nitrogens with one attached hydrogen (secondary N) is 1. The van der Waals surface area contributed by atoms with Crippen LogP contribution in [0.3, 0.4) is 0 Å². The normalized spacial score (nSPS) is 18.2. The predicted molar refractivity (Wildman–Crippen MR) is 157 cm³/mol. The lowest BCUT2D eigenvalue weighted by atomic mass is 9.95. The molecule has 1 atom stereocenters. The van der Waals surface area contributed by atoms with Gasteiger partial charge >= 0.3 is 6.18 Å². The standard InChI is InChI=1S/C32H35F3N6O2/c1-3-39-10-12-40(13-11-39)19-23-5-4-22(14-27(23)32(33,34)35)15-29(42)41-18-21(2)30-24(20-41)16-25(17-38-30)43-28-7-9-37-31-26(28)6-8-36-31/h4-9,14,16-17,21H,3,10-13,15,18-20H2,1-2H3,(H,36,37). The maximum Gasteiger partial charge on any atom is 0.416 e. The molecule has 0 saturated carbocycles. The highest BCUT2D eigenvalue weighted by molar-refractivity contribution is 5.82. The third-order valence-electron chi connectivity index (χ3n) is 8.44. The highest BCUT2D eigenvalue weighted by Gasteiger charge is 2.35. The first-order valence-corrected chi connectivity index (χ1v) is 14.7. The van der Waals surface area contributed by atoms with E-state index < -0.39 is 11.7 Å². The molecule has 1 unspecified atom stereocenters. The van der Waals surface area contributed by atoms with E-state index in [1.54, 1.807) is 41.7 Å². The van der Waals surface area contributed by atoms with Crippen LogP contribution in [0.4, 0.5) is 13.2 Å². The number of rotatable bonds is 7. The Hall–Kier alpha value is -3.96. The molecule has 2 aliphatic heterocycles. The molecule has 5 heterocycles. The van der Waals surface area contributed by atoms with E-state index in [0.29, 0.717) is 35.8 Å². The Bertz CT molecular complexity index is 1610. The quantitative estimate of drug-likeness (QED) is 0.301. The summed E-state index contributed by atoms with van der Waals surface area (Å²) in [7, 11) is 0. The maximum atomic E-state index is 14.1. The van der Waals surface area contributed by atoms with E-state index in [0.717, 1.165) is 55.4 Å². The first-order valence-electron chi connectivity index (χ1n) is 14.7. The summed E-state index contributed by atoms with van der Waals surface area (Å²) in [6.07, 6.45) is 0.525. The summed E-state index contributed by atoms with van der Waals surface area (Å²) < 4.78 is 48.5. The van der Waals surface area contributed by atoms with Gasteiger partial charge < -0.3 is 19.5 Å². The van der Waals surface area contributed by atoms with Gasteiger partial charge in [-0.25, -0.2) is 4.98 Å². The molecule has 1 saturated heterocycles. The molecule has 6 rings (SSSR count). The number of fused-ring (bicyclic) bond motifs is 2. The number of likely N-dealkylation sites (N-methyl/N-ethyl adjacent to an activating group) is 1. The monoisotopic (exact) mass is 592 g/mol. The summed E-state index contributed by atoms with van der Waals surface area (Å²) >= 11 is 0. The number of carbonyl (C=O) groups excluding carboxylic acids is 1. The lowest BCUT2D eigenvalue weighted by Crippen LogP contribution is -2.45. The molecule has 4 aromatic rings. The molecule has 0 bridgehead atoms. The molecule has 1 aromatic carbocycles. The number of amides is 1. The van der Waals surface area contributed by atoms with Crippen LogP contribution in [0.15, 0.2) is 55.0 Å². The molecular weight excluding hydrogens is 557 g/mol. The van der Waals surface area contributed by atoms with Crippen LogP contribution in [0, 0.1) is 0 Å². The molecule has 226 valence electrons. The van der Waals surface area contributed by atoms with E-state index in [4.69, 9.17) is 4.74 Å². The highest BCUT2D eigenvalue weighted by Crippen LogP contribution is 2.35. The van der Waals surface area contributed by atoms with Crippen molar-refractivity contribution in [3.8, 4) is 11.5 Å². The van der Waals surface area contributed by atoms with Crippen molar-refractivity contribution in [2.45, 2.75) is 45.5 Å². The molecule has 8 nitrogen and oxygen atoms in total. The first kappa shape index (κ1) is 29.1. The van der Waals surface area contributed by atoms with Gasteiger partial charge in [0, 0.05) is 64.1 Å². The van der Waals surface area contributed by atoms with Crippen LogP contribution in [-0.4, -0.2) is 74.8 Å². The van der Waals surface area contributed by atoms with Crippen LogP contribution in [-0.2, 0) is 30.5 Å². The Morgan fingerprint density at radius 3 is 2.63 bits per heavy atom. The number of hydrogen-bond donors (Lipinski definition) is 1. The van der Waals surface area contributed by atoms with Crippen LogP contribution in [0.1, 0.15) is 47.7 Å². The van der Waals surface area contributed by atoms with Crippen molar-refractivity contribution in [3.05, 3.63) is 82.9 Å². The molecule has 3 aromatic heterocycles. The van der Waals surface area contributed by atoms with Gasteiger partial charge in [0.05, 0.1) is 29.3 Å². The van der Waals surface area contributed by atoms with Crippen LogP contribution >= 0.6 is 0 Å². The number of nitrogens with zero attached hydrogens (tertiary/aromatic N) is 5. The average molecular weight is 593 g/mol. The Morgan fingerprint density at radius 2 is 1.86 bits per heavy atom. The number of hydrogen-bond acceptors (Lipinski definition) is 6. The van der Waals surface area contributed by atoms with E-state index in [1.165, 1.54) is 0 Å². The molecule has 0 spiro atoms. The minimum absolute atomic E-state index is 0.0275. The first-order chi connectivity index (χ1) is 20.7. The Balaban J connectivity index is 1.16. The van der Waals surface area contributed by atoms with E-state index in [-0.39, 0.29) is 30.4 Å². The number of halogens is 3. The number of H-pyrrole nitrogens is 1. The fraction of sp³-hybridized carbons (Fsp3) is 0.406. The van der Waals surface area contributed by atoms with Crippen molar-refractivity contribution < 1.29 is 22.7 Å². The van der Waals surface area contributed by atoms with Crippen LogP contribution in [0.25, 0.3) is 11.0 Å². The smallest absolute Gasteiger partial charge is 0.416 e. The van der Waals surface area contributed by atoms with Crippen LogP contribution in [0.5, 0.6) is 11.5 Å². The second-order valence-electron chi connectivity index (χ2n) is 11.4. The van der Waals surface area contributed by atoms with E-state index in [1.807, 2.05) is 19.1 Å². The average Bonchev–Trinajstić information content (AvgIpc) is 3.48. The second kappa shape index (κ2) is 12.0. The van der Waals surface area contributed by atoms with Gasteiger partial charge in [-0.15, -0.1) is 0 Å². The Kier molecular flexibility index (Phi) is 8.11. The van der Waals surface area contributed by atoms with Gasteiger partial charge in [0.1, 0.15) is 17.1 Å². The van der Waals surface area contributed by atoms with Crippen molar-refractivity contribution in [1.29, 1.82) is 0 Å². The lowest BCUT2D eigenvalue weighted by Gasteiger charge is -2.34. The van der Waals surface area contributed by atoms with E-state index in [2.05, 4.69) is 31.7 Å². The van der Waals surface area contributed by atoms with Crippen molar-refractivity contribution in [2.24, 2.45) is 0 Å². The summed E-state index contributed by atoms with van der Waals surface area (Å²) in [6.45, 7) is 9.21. The van der Waals surface area contributed by atoms with Crippen LogP contribution in [0.2, 0.25) is 0 Å². The summed E-state index contributed by atoms with van der Waals surface area (Å²) in [5.41, 5.74) is 2.41. The number of benzene rings is 1. The minimum atomic E-state index is -4.50. The number of ether oxygens (including phenoxy) is 1. The topological polar surface area (TPSA) is 77.6 Å². The summed E-state index contributed by atoms with van der Waals surface area (Å²) in [5.74, 6) is 0.927. The van der Waals surface area contributed by atoms with Gasteiger partial charge in [-0.2, -0.15) is 13.2 Å². The predicted octanol–water partition coefficient (Wildman–Crippen LogP) is 5.59. The number of aromatic nitrogens is 3. The molecule has 1 fully saturated rings. The Labute approximate surface area is 248 Å². The van der Waals surface area contributed by atoms with Crippen LogP contribution < -0.4 is 4.74 Å². The Morgan fingerprint density at radius 1 is 1.07 bits per heavy atom. The SMILES string of the molecule is CCN1CCN(Cc2ccc(CC(=O)N3Cc4cc(Oc5ccnc6[nH]ccc56)cnc4C(C)C3)cc2C(F)(F)F)CC1. The third kappa shape index (κ3) is 6.37. The molecule has 1 N–H and O–H groups in total. The van der Waals surface area contributed by atoms with Crippen molar-refractivity contribution >= 4 is 16.9 Å².